The summed E-state index contributed by atoms with van der Waals surface area (Å²) in [4.78, 5) is 25.9. The first kappa shape index (κ1) is 17.2. The number of fused-ring (bicyclic) bond motifs is 1. The maximum absolute atomic E-state index is 12.4. The van der Waals surface area contributed by atoms with Crippen molar-refractivity contribution in [2.75, 3.05) is 6.54 Å². The van der Waals surface area contributed by atoms with Gasteiger partial charge in [0.15, 0.2) is 0 Å². The van der Waals surface area contributed by atoms with Gasteiger partial charge in [0.25, 0.3) is 11.8 Å². The van der Waals surface area contributed by atoms with Gasteiger partial charge in [-0.15, -0.1) is 0 Å². The highest BCUT2D eigenvalue weighted by atomic mass is 16.3. The Balaban J connectivity index is 1.74. The molecule has 0 saturated carbocycles. The van der Waals surface area contributed by atoms with Gasteiger partial charge < -0.3 is 10.2 Å². The number of nitrogens with zero attached hydrogens (tertiary/aromatic N) is 1. The number of hydrogen-bond acceptors (Lipinski definition) is 4. The van der Waals surface area contributed by atoms with Crippen LogP contribution in [0.1, 0.15) is 57.7 Å². The van der Waals surface area contributed by atoms with Crippen LogP contribution >= 0.6 is 0 Å². The summed E-state index contributed by atoms with van der Waals surface area (Å²) in [7, 11) is 0. The van der Waals surface area contributed by atoms with Crippen LogP contribution in [0.3, 0.4) is 0 Å². The molecule has 2 aromatic rings. The number of phenolic OH excluding ortho intramolecular Hbond substituents is 1. The molecule has 3 rings (SSSR count). The molecule has 0 saturated heterocycles. The highest BCUT2D eigenvalue weighted by molar-refractivity contribution is 6.21. The number of rotatable bonds is 6. The average molecular weight is 339 g/mol. The van der Waals surface area contributed by atoms with Crippen molar-refractivity contribution in [1.29, 1.82) is 0 Å². The van der Waals surface area contributed by atoms with Gasteiger partial charge in [0, 0.05) is 6.54 Å². The minimum atomic E-state index is -0.849. The Hall–Kier alpha value is -2.66. The molecule has 1 aliphatic rings. The SMILES string of the molecule is CCCc1c(O)cccc1C(O)CCN1C(=O)c2ccccc2C1=O. The molecule has 25 heavy (non-hydrogen) atoms. The molecule has 1 heterocycles. The topological polar surface area (TPSA) is 77.8 Å². The fourth-order valence-corrected chi connectivity index (χ4v) is 3.28. The van der Waals surface area contributed by atoms with Crippen LogP contribution in [-0.4, -0.2) is 33.5 Å². The summed E-state index contributed by atoms with van der Waals surface area (Å²) in [5.74, 6) is -0.478. The molecular formula is C20H21NO4. The van der Waals surface area contributed by atoms with Crippen molar-refractivity contribution < 1.29 is 19.8 Å². The molecular weight excluding hydrogens is 318 g/mol. The highest BCUT2D eigenvalue weighted by Crippen LogP contribution is 2.30. The fourth-order valence-electron chi connectivity index (χ4n) is 3.28. The molecule has 1 atom stereocenters. The zero-order valence-corrected chi connectivity index (χ0v) is 14.1. The third kappa shape index (κ3) is 3.15. The monoisotopic (exact) mass is 339 g/mol. The zero-order valence-electron chi connectivity index (χ0n) is 14.1. The van der Waals surface area contributed by atoms with Gasteiger partial charge in [-0.2, -0.15) is 0 Å². The first-order chi connectivity index (χ1) is 12.0. The average Bonchev–Trinajstić information content (AvgIpc) is 2.86. The van der Waals surface area contributed by atoms with Gasteiger partial charge in [-0.3, -0.25) is 14.5 Å². The number of aromatic hydroxyl groups is 1. The minimum Gasteiger partial charge on any atom is -0.508 e. The molecule has 1 unspecified atom stereocenters. The first-order valence-electron chi connectivity index (χ1n) is 8.48. The van der Waals surface area contributed by atoms with Crippen LogP contribution in [-0.2, 0) is 6.42 Å². The maximum Gasteiger partial charge on any atom is 0.261 e. The summed E-state index contributed by atoms with van der Waals surface area (Å²) < 4.78 is 0. The number of carbonyl (C=O) groups excluding carboxylic acids is 2. The standard InChI is InChI=1S/C20H21NO4/c1-2-6-13-14(9-5-10-17(13)22)18(23)11-12-21-19(24)15-7-3-4-8-16(15)20(21)25/h3-5,7-10,18,22-23H,2,6,11-12H2,1H3. The van der Waals surface area contributed by atoms with Crippen molar-refractivity contribution in [2.45, 2.75) is 32.3 Å². The van der Waals surface area contributed by atoms with Crippen molar-refractivity contribution >= 4 is 11.8 Å². The third-order valence-electron chi connectivity index (χ3n) is 4.55. The summed E-state index contributed by atoms with van der Waals surface area (Å²) in [5.41, 5.74) is 2.19. The van der Waals surface area contributed by atoms with E-state index in [0.717, 1.165) is 12.0 Å². The van der Waals surface area contributed by atoms with Crippen LogP contribution in [0.15, 0.2) is 42.5 Å². The van der Waals surface area contributed by atoms with Gasteiger partial charge in [0.05, 0.1) is 17.2 Å². The Bertz CT molecular complexity index is 780. The van der Waals surface area contributed by atoms with E-state index < -0.39 is 6.10 Å². The summed E-state index contributed by atoms with van der Waals surface area (Å²) in [6, 6.07) is 11.8. The predicted octanol–water partition coefficient (Wildman–Crippen LogP) is 3.06. The van der Waals surface area contributed by atoms with Crippen molar-refractivity contribution in [3.63, 3.8) is 0 Å². The van der Waals surface area contributed by atoms with Crippen LogP contribution in [0, 0.1) is 0 Å². The Morgan fingerprint density at radius 2 is 1.64 bits per heavy atom. The van der Waals surface area contributed by atoms with E-state index in [9.17, 15) is 19.8 Å². The fraction of sp³-hybridized carbons (Fsp3) is 0.300. The summed E-state index contributed by atoms with van der Waals surface area (Å²) in [6.45, 7) is 2.14. The maximum atomic E-state index is 12.4. The Kier molecular flexibility index (Phi) is 4.86. The molecule has 2 amide bonds. The number of benzene rings is 2. The molecule has 5 heteroatoms. The molecule has 1 aliphatic heterocycles. The number of hydrogen-bond donors (Lipinski definition) is 2. The second kappa shape index (κ2) is 7.07. The van der Waals surface area contributed by atoms with Gasteiger partial charge in [0.1, 0.15) is 5.75 Å². The second-order valence-electron chi connectivity index (χ2n) is 6.21. The lowest BCUT2D eigenvalue weighted by Crippen LogP contribution is -2.31. The lowest BCUT2D eigenvalue weighted by Gasteiger charge is -2.19. The molecule has 0 aromatic heterocycles. The minimum absolute atomic E-state index is 0.134. The molecule has 0 bridgehead atoms. The van der Waals surface area contributed by atoms with E-state index in [0.29, 0.717) is 23.1 Å². The molecule has 0 spiro atoms. The second-order valence-corrected chi connectivity index (χ2v) is 6.21. The lowest BCUT2D eigenvalue weighted by molar-refractivity contribution is 0.0621. The molecule has 5 nitrogen and oxygen atoms in total. The molecule has 2 N–H and O–H groups in total. The highest BCUT2D eigenvalue weighted by Gasteiger charge is 2.35. The van der Waals surface area contributed by atoms with E-state index in [1.807, 2.05) is 6.92 Å². The van der Waals surface area contributed by atoms with Crippen LogP contribution in [0.4, 0.5) is 0 Å². The van der Waals surface area contributed by atoms with Gasteiger partial charge in [-0.25, -0.2) is 0 Å². The van der Waals surface area contributed by atoms with Gasteiger partial charge in [-0.05, 0) is 42.2 Å². The zero-order chi connectivity index (χ0) is 18.0. The van der Waals surface area contributed by atoms with Gasteiger partial charge in [-0.1, -0.05) is 37.6 Å². The number of phenols is 1. The largest absolute Gasteiger partial charge is 0.508 e. The summed E-state index contributed by atoms with van der Waals surface area (Å²) in [6.07, 6.45) is 0.880. The third-order valence-corrected chi connectivity index (χ3v) is 4.55. The van der Waals surface area contributed by atoms with Crippen molar-refractivity contribution in [3.8, 4) is 5.75 Å². The number of imide groups is 1. The Morgan fingerprint density at radius 3 is 2.24 bits per heavy atom. The molecule has 0 aliphatic carbocycles. The van der Waals surface area contributed by atoms with Gasteiger partial charge in [0.2, 0.25) is 0 Å². The van der Waals surface area contributed by atoms with E-state index >= 15 is 0 Å². The van der Waals surface area contributed by atoms with Crippen LogP contribution in [0.2, 0.25) is 0 Å². The van der Waals surface area contributed by atoms with Crippen LogP contribution in [0.25, 0.3) is 0 Å². The van der Waals surface area contributed by atoms with Crippen LogP contribution < -0.4 is 0 Å². The summed E-state index contributed by atoms with van der Waals surface area (Å²) in [5, 5.41) is 20.6. The van der Waals surface area contributed by atoms with Crippen molar-refractivity contribution in [2.24, 2.45) is 0 Å². The normalized spacial score (nSPS) is 14.7. The van der Waals surface area contributed by atoms with Crippen molar-refractivity contribution in [3.05, 3.63) is 64.7 Å². The van der Waals surface area contributed by atoms with Gasteiger partial charge >= 0.3 is 0 Å². The van der Waals surface area contributed by atoms with Crippen LogP contribution in [0.5, 0.6) is 5.75 Å². The molecule has 0 radical (unpaired) electrons. The number of aliphatic hydroxyl groups excluding tert-OH is 1. The summed E-state index contributed by atoms with van der Waals surface area (Å²) >= 11 is 0. The van der Waals surface area contributed by atoms with E-state index in [-0.39, 0.29) is 30.5 Å². The molecule has 130 valence electrons. The molecule has 2 aromatic carbocycles. The number of carbonyl (C=O) groups is 2. The van der Waals surface area contributed by atoms with E-state index in [2.05, 4.69) is 0 Å². The smallest absolute Gasteiger partial charge is 0.261 e. The molecule has 0 fully saturated rings. The number of amides is 2. The van der Waals surface area contributed by atoms with Crippen molar-refractivity contribution in [1.82, 2.24) is 4.90 Å². The van der Waals surface area contributed by atoms with E-state index in [4.69, 9.17) is 0 Å². The predicted molar refractivity (Wildman–Crippen MR) is 93.5 cm³/mol. The lowest BCUT2D eigenvalue weighted by atomic mass is 9.96. The van der Waals surface area contributed by atoms with E-state index in [1.165, 1.54) is 4.90 Å². The van der Waals surface area contributed by atoms with E-state index in [1.54, 1.807) is 42.5 Å². The quantitative estimate of drug-likeness (QED) is 0.793. The Morgan fingerprint density at radius 1 is 1.00 bits per heavy atom. The Labute approximate surface area is 146 Å². The number of aliphatic hydroxyl groups is 1. The first-order valence-corrected chi connectivity index (χ1v) is 8.48.